The minimum absolute atomic E-state index is 0.00639. The van der Waals surface area contributed by atoms with Gasteiger partial charge in [-0.2, -0.15) is 0 Å². The van der Waals surface area contributed by atoms with Crippen LogP contribution in [0.3, 0.4) is 0 Å². The summed E-state index contributed by atoms with van der Waals surface area (Å²) >= 11 is 0. The number of benzene rings is 3. The smallest absolute Gasteiger partial charge is 0.251 e. The number of nitrogens with one attached hydrogen (secondary N) is 2. The van der Waals surface area contributed by atoms with Crippen LogP contribution in [0.4, 0.5) is 4.39 Å². The van der Waals surface area contributed by atoms with Gasteiger partial charge in [-0.3, -0.25) is 4.79 Å². The normalized spacial score (nSPS) is 11.1. The number of fused-ring (bicyclic) bond motifs is 1. The number of carbonyl (C=O) groups excluding carboxylic acids is 1. The molecule has 6 nitrogen and oxygen atoms in total. The van der Waals surface area contributed by atoms with Crippen LogP contribution in [0.25, 0.3) is 33.7 Å². The molecule has 3 aromatic carbocycles. The number of hydrogen-bond acceptors (Lipinski definition) is 4. The summed E-state index contributed by atoms with van der Waals surface area (Å²) in [5.74, 6) is 0.662. The van der Waals surface area contributed by atoms with Gasteiger partial charge in [0.15, 0.2) is 5.65 Å². The number of carbonyl (C=O) groups is 1. The third-order valence-corrected chi connectivity index (χ3v) is 6.57. The van der Waals surface area contributed by atoms with Crippen LogP contribution in [-0.4, -0.2) is 28.0 Å². The lowest BCUT2D eigenvalue weighted by Crippen LogP contribution is -2.23. The Morgan fingerprint density at radius 2 is 1.70 bits per heavy atom. The van der Waals surface area contributed by atoms with E-state index in [1.165, 1.54) is 6.07 Å². The Kier molecular flexibility index (Phi) is 8.63. The fraction of sp³-hybridized carbons (Fsp3) is 0.242. The van der Waals surface area contributed by atoms with Crippen LogP contribution in [0.1, 0.15) is 56.1 Å². The number of methoxy groups -OCH3 is 1. The van der Waals surface area contributed by atoms with Gasteiger partial charge in [0.25, 0.3) is 5.91 Å². The van der Waals surface area contributed by atoms with Crippen LogP contribution in [0.2, 0.25) is 0 Å². The highest BCUT2D eigenvalue weighted by atomic mass is 19.1. The number of nitrogens with zero attached hydrogens (tertiary/aromatic N) is 2. The molecule has 0 aliphatic rings. The van der Waals surface area contributed by atoms with Gasteiger partial charge < -0.3 is 15.0 Å². The molecule has 0 aliphatic heterocycles. The first-order valence-corrected chi connectivity index (χ1v) is 13.4. The summed E-state index contributed by atoms with van der Waals surface area (Å²) < 4.78 is 20.6. The third kappa shape index (κ3) is 6.04. The number of pyridine rings is 1. The second-order valence-corrected chi connectivity index (χ2v) is 10.2. The van der Waals surface area contributed by atoms with Crippen LogP contribution in [0, 0.1) is 5.82 Å². The lowest BCUT2D eigenvalue weighted by molar-refractivity contribution is 0.0950. The standard InChI is InChI=1S/C31H29FN4O2.C2H6/c1-31(2,3)22-13-11-19(12-14-22)30(37)34-18-21-10-9-20(17-25(21)32)23-15-16-33-29-27(23)35-28(36-29)24-7-5-6-8-26(24)38-4;1-2/h5-17H,18H2,1-4H3,(H,34,37)(H,33,35,36);1-2H3. The van der Waals surface area contributed by atoms with Crippen LogP contribution in [0.15, 0.2) is 79.0 Å². The summed E-state index contributed by atoms with van der Waals surface area (Å²) in [7, 11) is 1.61. The number of ether oxygens (including phenoxy) is 1. The fourth-order valence-electron chi connectivity index (χ4n) is 4.38. The number of H-pyrrole nitrogens is 1. The highest BCUT2D eigenvalue weighted by molar-refractivity contribution is 5.94. The lowest BCUT2D eigenvalue weighted by atomic mass is 9.87. The molecule has 5 rings (SSSR count). The summed E-state index contributed by atoms with van der Waals surface area (Å²) in [6.07, 6.45) is 1.65. The van der Waals surface area contributed by atoms with E-state index in [1.54, 1.807) is 31.5 Å². The summed E-state index contributed by atoms with van der Waals surface area (Å²) in [5.41, 5.74) is 5.59. The van der Waals surface area contributed by atoms with E-state index in [0.29, 0.717) is 39.4 Å². The molecule has 0 spiro atoms. The second-order valence-electron chi connectivity index (χ2n) is 10.2. The van der Waals surface area contributed by atoms with E-state index in [9.17, 15) is 4.79 Å². The van der Waals surface area contributed by atoms with Crippen LogP contribution in [0.5, 0.6) is 5.75 Å². The van der Waals surface area contributed by atoms with Crippen molar-refractivity contribution < 1.29 is 13.9 Å². The molecule has 2 heterocycles. The number of amides is 1. The van der Waals surface area contributed by atoms with Crippen LogP contribution >= 0.6 is 0 Å². The Hall–Kier alpha value is -4.52. The number of hydrogen-bond donors (Lipinski definition) is 2. The van der Waals surface area contributed by atoms with E-state index in [0.717, 1.165) is 16.7 Å². The predicted molar refractivity (Wildman–Crippen MR) is 159 cm³/mol. The van der Waals surface area contributed by atoms with Crippen molar-refractivity contribution in [3.63, 3.8) is 0 Å². The van der Waals surface area contributed by atoms with Gasteiger partial charge in [-0.15, -0.1) is 0 Å². The zero-order valence-corrected chi connectivity index (χ0v) is 23.8. The van der Waals surface area contributed by atoms with Crippen LogP contribution in [-0.2, 0) is 12.0 Å². The van der Waals surface area contributed by atoms with Gasteiger partial charge >= 0.3 is 0 Å². The first kappa shape index (κ1) is 28.5. The van der Waals surface area contributed by atoms with Crippen molar-refractivity contribution in [3.8, 4) is 28.3 Å². The maximum Gasteiger partial charge on any atom is 0.251 e. The van der Waals surface area contributed by atoms with Gasteiger partial charge in [0.2, 0.25) is 0 Å². The molecule has 0 saturated carbocycles. The molecule has 0 saturated heterocycles. The van der Waals surface area contributed by atoms with Gasteiger partial charge in [0.1, 0.15) is 17.4 Å². The summed E-state index contributed by atoms with van der Waals surface area (Å²) in [4.78, 5) is 25.0. The van der Waals surface area contributed by atoms with Crippen molar-refractivity contribution >= 4 is 17.1 Å². The molecule has 2 aromatic heterocycles. The number of para-hydroxylation sites is 1. The molecule has 0 radical (unpaired) electrons. The second kappa shape index (κ2) is 12.1. The van der Waals surface area contributed by atoms with E-state index in [2.05, 4.69) is 41.0 Å². The van der Waals surface area contributed by atoms with E-state index >= 15 is 4.39 Å². The maximum atomic E-state index is 15.1. The molecule has 2 N–H and O–H groups in total. The van der Waals surface area contributed by atoms with Crippen molar-refractivity contribution in [2.45, 2.75) is 46.6 Å². The van der Waals surface area contributed by atoms with Gasteiger partial charge in [-0.1, -0.05) is 71.0 Å². The number of rotatable bonds is 6. The van der Waals surface area contributed by atoms with Crippen molar-refractivity contribution in [2.75, 3.05) is 7.11 Å². The fourth-order valence-corrected chi connectivity index (χ4v) is 4.38. The predicted octanol–water partition coefficient (Wildman–Crippen LogP) is 7.69. The number of imidazole rings is 1. The Morgan fingerprint density at radius 3 is 2.38 bits per heavy atom. The topological polar surface area (TPSA) is 79.9 Å². The lowest BCUT2D eigenvalue weighted by Gasteiger charge is -2.19. The van der Waals surface area contributed by atoms with Crippen LogP contribution < -0.4 is 10.1 Å². The van der Waals surface area contributed by atoms with E-state index < -0.39 is 5.82 Å². The highest BCUT2D eigenvalue weighted by Gasteiger charge is 2.17. The van der Waals surface area contributed by atoms with E-state index in [1.807, 2.05) is 62.4 Å². The molecule has 40 heavy (non-hydrogen) atoms. The summed E-state index contributed by atoms with van der Waals surface area (Å²) in [6.45, 7) is 10.4. The molecule has 0 unspecified atom stereocenters. The zero-order valence-electron chi connectivity index (χ0n) is 23.8. The van der Waals surface area contributed by atoms with Crippen molar-refractivity contribution in [1.82, 2.24) is 20.3 Å². The molecule has 206 valence electrons. The number of aromatic amines is 1. The molecule has 0 aliphatic carbocycles. The van der Waals surface area contributed by atoms with Gasteiger partial charge in [-0.05, 0) is 52.9 Å². The minimum atomic E-state index is -0.402. The Morgan fingerprint density at radius 1 is 0.975 bits per heavy atom. The van der Waals surface area contributed by atoms with E-state index in [-0.39, 0.29) is 17.9 Å². The first-order chi connectivity index (χ1) is 19.2. The maximum absolute atomic E-state index is 15.1. The average molecular weight is 539 g/mol. The molecule has 0 bridgehead atoms. The first-order valence-electron chi connectivity index (χ1n) is 13.4. The molecular formula is C33H35FN4O2. The highest BCUT2D eigenvalue weighted by Crippen LogP contribution is 2.32. The third-order valence-electron chi connectivity index (χ3n) is 6.57. The SMILES string of the molecule is CC.COc1ccccc1-c1nc2nccc(-c3ccc(CNC(=O)c4ccc(C(C)(C)C)cc4)c(F)c3)c2[nH]1. The van der Waals surface area contributed by atoms with Gasteiger partial charge in [-0.25, -0.2) is 14.4 Å². The van der Waals surface area contributed by atoms with E-state index in [4.69, 9.17) is 4.74 Å². The quantitative estimate of drug-likeness (QED) is 0.232. The monoisotopic (exact) mass is 538 g/mol. The molecule has 7 heteroatoms. The molecular weight excluding hydrogens is 503 g/mol. The molecule has 1 amide bonds. The Labute approximate surface area is 234 Å². The van der Waals surface area contributed by atoms with Gasteiger partial charge in [0, 0.05) is 29.4 Å². The number of halogens is 1. The average Bonchev–Trinajstić information content (AvgIpc) is 3.41. The minimum Gasteiger partial charge on any atom is -0.496 e. The van der Waals surface area contributed by atoms with Crippen molar-refractivity contribution in [3.05, 3.63) is 102 Å². The largest absolute Gasteiger partial charge is 0.496 e. The number of aromatic nitrogens is 3. The van der Waals surface area contributed by atoms with Crippen molar-refractivity contribution in [2.24, 2.45) is 0 Å². The Bertz CT molecular complexity index is 1620. The molecule has 0 atom stereocenters. The summed E-state index contributed by atoms with van der Waals surface area (Å²) in [6, 6.07) is 21.9. The Balaban J connectivity index is 0.00000181. The van der Waals surface area contributed by atoms with Gasteiger partial charge in [0.05, 0.1) is 18.2 Å². The molecule has 5 aromatic rings. The summed E-state index contributed by atoms with van der Waals surface area (Å²) in [5, 5.41) is 2.82. The van der Waals surface area contributed by atoms with Crippen molar-refractivity contribution in [1.29, 1.82) is 0 Å². The molecule has 0 fully saturated rings. The zero-order chi connectivity index (χ0) is 28.9.